The SMILES string of the molecule is CC(=O)NC(c1ccccc1)C(F)C(=O)c1ccc(C)cc1. The molecule has 0 saturated carbocycles. The highest BCUT2D eigenvalue weighted by atomic mass is 19.1. The first-order valence-corrected chi connectivity index (χ1v) is 7.06. The number of aryl methyl sites for hydroxylation is 1. The lowest BCUT2D eigenvalue weighted by Gasteiger charge is -2.21. The second-order valence-corrected chi connectivity index (χ2v) is 5.22. The quantitative estimate of drug-likeness (QED) is 0.860. The van der Waals surface area contributed by atoms with Crippen molar-refractivity contribution in [3.8, 4) is 0 Å². The Morgan fingerprint density at radius 3 is 2.14 bits per heavy atom. The molecule has 0 radical (unpaired) electrons. The van der Waals surface area contributed by atoms with Crippen molar-refractivity contribution in [2.75, 3.05) is 0 Å². The zero-order valence-corrected chi connectivity index (χ0v) is 12.5. The molecule has 114 valence electrons. The standard InChI is InChI=1S/C18H18FNO2/c1-12-8-10-15(11-9-12)18(22)16(19)17(20-13(2)21)14-6-4-3-5-7-14/h3-11,16-17H,1-2H3,(H,20,21). The molecule has 0 aliphatic rings. The summed E-state index contributed by atoms with van der Waals surface area (Å²) in [5, 5.41) is 2.52. The fraction of sp³-hybridized carbons (Fsp3) is 0.222. The normalized spacial score (nSPS) is 13.2. The van der Waals surface area contributed by atoms with Crippen LogP contribution in [0.3, 0.4) is 0 Å². The van der Waals surface area contributed by atoms with E-state index >= 15 is 0 Å². The van der Waals surface area contributed by atoms with Crippen molar-refractivity contribution >= 4 is 11.7 Å². The van der Waals surface area contributed by atoms with Gasteiger partial charge in [0.25, 0.3) is 0 Å². The minimum absolute atomic E-state index is 0.296. The first kappa shape index (κ1) is 15.9. The van der Waals surface area contributed by atoms with E-state index in [1.807, 2.05) is 6.92 Å². The van der Waals surface area contributed by atoms with E-state index in [4.69, 9.17) is 0 Å². The number of rotatable bonds is 5. The summed E-state index contributed by atoms with van der Waals surface area (Å²) in [7, 11) is 0. The van der Waals surface area contributed by atoms with Crippen molar-refractivity contribution in [1.82, 2.24) is 5.32 Å². The van der Waals surface area contributed by atoms with Gasteiger partial charge < -0.3 is 5.32 Å². The third kappa shape index (κ3) is 3.79. The molecule has 1 amide bonds. The van der Waals surface area contributed by atoms with E-state index in [1.165, 1.54) is 6.92 Å². The fourth-order valence-corrected chi connectivity index (χ4v) is 2.23. The monoisotopic (exact) mass is 299 g/mol. The van der Waals surface area contributed by atoms with Crippen molar-refractivity contribution in [2.45, 2.75) is 26.1 Å². The summed E-state index contributed by atoms with van der Waals surface area (Å²) in [4.78, 5) is 23.7. The predicted molar refractivity (Wildman–Crippen MR) is 83.4 cm³/mol. The van der Waals surface area contributed by atoms with Gasteiger partial charge in [0.05, 0.1) is 6.04 Å². The van der Waals surface area contributed by atoms with E-state index in [2.05, 4.69) is 5.32 Å². The molecule has 0 saturated heterocycles. The van der Waals surface area contributed by atoms with Crippen LogP contribution in [0.15, 0.2) is 54.6 Å². The molecule has 0 aliphatic heterocycles. The van der Waals surface area contributed by atoms with Gasteiger partial charge in [-0.15, -0.1) is 0 Å². The molecule has 2 aromatic carbocycles. The van der Waals surface area contributed by atoms with Gasteiger partial charge >= 0.3 is 0 Å². The molecule has 2 atom stereocenters. The summed E-state index contributed by atoms with van der Waals surface area (Å²) in [6, 6.07) is 14.4. The number of benzene rings is 2. The summed E-state index contributed by atoms with van der Waals surface area (Å²) < 4.78 is 14.7. The van der Waals surface area contributed by atoms with Crippen LogP contribution in [-0.4, -0.2) is 17.9 Å². The molecule has 0 heterocycles. The fourth-order valence-electron chi connectivity index (χ4n) is 2.23. The largest absolute Gasteiger partial charge is 0.346 e. The number of hydrogen-bond donors (Lipinski definition) is 1. The predicted octanol–water partition coefficient (Wildman–Crippen LogP) is 3.39. The van der Waals surface area contributed by atoms with Crippen molar-refractivity contribution in [1.29, 1.82) is 0 Å². The van der Waals surface area contributed by atoms with Gasteiger partial charge in [-0.25, -0.2) is 4.39 Å². The van der Waals surface area contributed by atoms with Crippen LogP contribution in [-0.2, 0) is 4.79 Å². The Morgan fingerprint density at radius 1 is 1.00 bits per heavy atom. The topological polar surface area (TPSA) is 46.2 Å². The highest BCUT2D eigenvalue weighted by Gasteiger charge is 2.30. The van der Waals surface area contributed by atoms with E-state index in [1.54, 1.807) is 54.6 Å². The lowest BCUT2D eigenvalue weighted by atomic mass is 9.95. The van der Waals surface area contributed by atoms with Gasteiger partial charge in [0.2, 0.25) is 5.91 Å². The molecular weight excluding hydrogens is 281 g/mol. The lowest BCUT2D eigenvalue weighted by Crippen LogP contribution is -2.37. The number of hydrogen-bond acceptors (Lipinski definition) is 2. The van der Waals surface area contributed by atoms with E-state index in [0.717, 1.165) is 5.56 Å². The van der Waals surface area contributed by atoms with Gasteiger partial charge in [0.15, 0.2) is 12.0 Å². The Kier molecular flexibility index (Phi) is 5.04. The Balaban J connectivity index is 2.28. The summed E-state index contributed by atoms with van der Waals surface area (Å²) in [6.45, 7) is 3.20. The van der Waals surface area contributed by atoms with Crippen LogP contribution >= 0.6 is 0 Å². The van der Waals surface area contributed by atoms with Crippen molar-refractivity contribution in [3.05, 3.63) is 71.3 Å². The van der Waals surface area contributed by atoms with Gasteiger partial charge in [0.1, 0.15) is 0 Å². The maximum Gasteiger partial charge on any atom is 0.217 e. The van der Waals surface area contributed by atoms with E-state index in [0.29, 0.717) is 11.1 Å². The van der Waals surface area contributed by atoms with Crippen LogP contribution in [0.2, 0.25) is 0 Å². The van der Waals surface area contributed by atoms with Gasteiger partial charge in [0, 0.05) is 12.5 Å². The average Bonchev–Trinajstić information content (AvgIpc) is 2.52. The zero-order chi connectivity index (χ0) is 16.1. The molecule has 2 rings (SSSR count). The van der Waals surface area contributed by atoms with Crippen LogP contribution in [0.4, 0.5) is 4.39 Å². The minimum Gasteiger partial charge on any atom is -0.346 e. The second-order valence-electron chi connectivity index (χ2n) is 5.22. The Hall–Kier alpha value is -2.49. The number of carbonyl (C=O) groups excluding carboxylic acids is 2. The number of carbonyl (C=O) groups is 2. The first-order valence-electron chi connectivity index (χ1n) is 7.06. The highest BCUT2D eigenvalue weighted by molar-refractivity contribution is 6.00. The maximum absolute atomic E-state index is 14.7. The summed E-state index contributed by atoms with van der Waals surface area (Å²) in [6.07, 6.45) is -1.84. The van der Waals surface area contributed by atoms with E-state index < -0.39 is 18.0 Å². The van der Waals surface area contributed by atoms with E-state index in [9.17, 15) is 14.0 Å². The van der Waals surface area contributed by atoms with Crippen LogP contribution in [0.5, 0.6) is 0 Å². The Labute approximate surface area is 129 Å². The van der Waals surface area contributed by atoms with Gasteiger partial charge in [-0.2, -0.15) is 0 Å². The molecule has 0 aliphatic carbocycles. The summed E-state index contributed by atoms with van der Waals surface area (Å²) in [5.74, 6) is -1.02. The minimum atomic E-state index is -1.84. The van der Waals surface area contributed by atoms with Crippen LogP contribution in [0.25, 0.3) is 0 Å². The number of Topliss-reactive ketones (excluding diaryl/α,β-unsaturated/α-hetero) is 1. The Morgan fingerprint density at radius 2 is 1.59 bits per heavy atom. The van der Waals surface area contributed by atoms with Crippen LogP contribution in [0, 0.1) is 6.92 Å². The molecule has 0 spiro atoms. The van der Waals surface area contributed by atoms with Crippen molar-refractivity contribution in [2.24, 2.45) is 0 Å². The van der Waals surface area contributed by atoms with Gasteiger partial charge in [-0.3, -0.25) is 9.59 Å². The number of nitrogens with one attached hydrogen (secondary N) is 1. The molecule has 2 unspecified atom stereocenters. The first-order chi connectivity index (χ1) is 10.5. The van der Waals surface area contributed by atoms with Crippen molar-refractivity contribution < 1.29 is 14.0 Å². The average molecular weight is 299 g/mol. The highest BCUT2D eigenvalue weighted by Crippen LogP contribution is 2.23. The molecule has 2 aromatic rings. The third-order valence-corrected chi connectivity index (χ3v) is 3.40. The Bertz CT molecular complexity index is 653. The molecule has 22 heavy (non-hydrogen) atoms. The smallest absolute Gasteiger partial charge is 0.217 e. The number of halogens is 1. The molecular formula is C18H18FNO2. The van der Waals surface area contributed by atoms with Crippen LogP contribution in [0.1, 0.15) is 34.5 Å². The van der Waals surface area contributed by atoms with Crippen molar-refractivity contribution in [3.63, 3.8) is 0 Å². The lowest BCUT2D eigenvalue weighted by molar-refractivity contribution is -0.120. The number of alkyl halides is 1. The molecule has 3 nitrogen and oxygen atoms in total. The molecule has 0 aromatic heterocycles. The summed E-state index contributed by atoms with van der Waals surface area (Å²) >= 11 is 0. The number of amides is 1. The molecule has 4 heteroatoms. The number of ketones is 1. The van der Waals surface area contributed by atoms with Gasteiger partial charge in [-0.05, 0) is 12.5 Å². The van der Waals surface area contributed by atoms with Crippen LogP contribution < -0.4 is 5.32 Å². The van der Waals surface area contributed by atoms with Gasteiger partial charge in [-0.1, -0.05) is 60.2 Å². The second kappa shape index (κ2) is 6.98. The third-order valence-electron chi connectivity index (χ3n) is 3.40. The molecule has 0 bridgehead atoms. The molecule has 0 fully saturated rings. The zero-order valence-electron chi connectivity index (χ0n) is 12.5. The maximum atomic E-state index is 14.7. The van der Waals surface area contributed by atoms with E-state index in [-0.39, 0.29) is 5.91 Å². The summed E-state index contributed by atoms with van der Waals surface area (Å²) in [5.41, 5.74) is 1.85. The molecule has 1 N–H and O–H groups in total.